The van der Waals surface area contributed by atoms with Crippen molar-refractivity contribution < 1.29 is 36.2 Å². The molecule has 12 nitrogen and oxygen atoms in total. The smallest absolute Gasteiger partial charge is 0.408 e. The number of nitrogens with zero attached hydrogens (tertiary/aromatic N) is 9. The number of alkyl halides is 5. The van der Waals surface area contributed by atoms with Gasteiger partial charge in [0.15, 0.2) is 11.8 Å². The Bertz CT molecular complexity index is 1740. The van der Waals surface area contributed by atoms with Crippen LogP contribution in [0.15, 0.2) is 43.0 Å². The van der Waals surface area contributed by atoms with Crippen LogP contribution in [-0.4, -0.2) is 84.8 Å². The second-order valence-electron chi connectivity index (χ2n) is 9.13. The van der Waals surface area contributed by atoms with E-state index in [4.69, 9.17) is 14.2 Å². The summed E-state index contributed by atoms with van der Waals surface area (Å²) in [5.41, 5.74) is 1.15. The van der Waals surface area contributed by atoms with E-state index in [0.29, 0.717) is 27.0 Å². The van der Waals surface area contributed by atoms with Crippen molar-refractivity contribution in [2.75, 3.05) is 32.2 Å². The molecule has 0 saturated carbocycles. The zero-order chi connectivity index (χ0) is 28.9. The van der Waals surface area contributed by atoms with Crippen LogP contribution in [0, 0.1) is 0 Å². The van der Waals surface area contributed by atoms with Crippen molar-refractivity contribution in [3.63, 3.8) is 0 Å². The standard InChI is InChI=1S/C24H20F5N9O3/c1-39-21-14(9-31-22(35-21)40-2)15-5-20(38-18(34-15)3-4-32-38)36-10-17(23(25,26)11-36)41-19-6-16-13(7-30-19)8-33-37(16)12-24(27,28)29/h3-9,17H,10-12H2,1-2H3/t17-/m0/s1. The minimum absolute atomic E-state index is 0.0539. The Labute approximate surface area is 227 Å². The summed E-state index contributed by atoms with van der Waals surface area (Å²) in [6, 6.07) is 4.39. The van der Waals surface area contributed by atoms with Crippen molar-refractivity contribution >= 4 is 22.4 Å². The number of hydrogen-bond donors (Lipinski definition) is 0. The van der Waals surface area contributed by atoms with E-state index in [1.54, 1.807) is 12.1 Å². The SMILES string of the molecule is COc1ncc(-c2cc(N3C[C@H](Oc4cc5c(cn4)cnn5CC(F)(F)F)C(F)(F)C3)n3nccc3n2)c(OC)n1. The van der Waals surface area contributed by atoms with Gasteiger partial charge < -0.3 is 19.1 Å². The van der Waals surface area contributed by atoms with Crippen LogP contribution in [0.4, 0.5) is 27.8 Å². The van der Waals surface area contributed by atoms with E-state index < -0.39 is 31.3 Å². The zero-order valence-corrected chi connectivity index (χ0v) is 21.4. The van der Waals surface area contributed by atoms with E-state index in [1.807, 2.05) is 0 Å². The summed E-state index contributed by atoms with van der Waals surface area (Å²) < 4.78 is 87.4. The Hall–Kier alpha value is -4.83. The molecule has 6 heterocycles. The Morgan fingerprint density at radius 1 is 1.02 bits per heavy atom. The fourth-order valence-electron chi connectivity index (χ4n) is 4.55. The van der Waals surface area contributed by atoms with Gasteiger partial charge in [-0.1, -0.05) is 0 Å². The summed E-state index contributed by atoms with van der Waals surface area (Å²) in [5.74, 6) is -3.16. The molecule has 1 aliphatic rings. The predicted molar refractivity (Wildman–Crippen MR) is 132 cm³/mol. The number of pyridine rings is 1. The largest absolute Gasteiger partial charge is 0.480 e. The minimum atomic E-state index is -4.52. The fourth-order valence-corrected chi connectivity index (χ4v) is 4.55. The summed E-state index contributed by atoms with van der Waals surface area (Å²) in [5, 5.41) is 8.25. The Balaban J connectivity index is 1.32. The molecular weight excluding hydrogens is 557 g/mol. The van der Waals surface area contributed by atoms with Crippen LogP contribution in [0.25, 0.3) is 27.8 Å². The fraction of sp³-hybridized carbons (Fsp3) is 0.333. The monoisotopic (exact) mass is 577 g/mol. The Morgan fingerprint density at radius 2 is 1.85 bits per heavy atom. The molecule has 0 N–H and O–H groups in total. The van der Waals surface area contributed by atoms with Crippen molar-refractivity contribution in [1.29, 1.82) is 0 Å². The first-order chi connectivity index (χ1) is 19.5. The highest BCUT2D eigenvalue weighted by atomic mass is 19.4. The maximum absolute atomic E-state index is 15.3. The number of aromatic nitrogens is 8. The summed E-state index contributed by atoms with van der Waals surface area (Å²) in [4.78, 5) is 18.2. The van der Waals surface area contributed by atoms with Gasteiger partial charge in [0.2, 0.25) is 11.8 Å². The predicted octanol–water partition coefficient (Wildman–Crippen LogP) is 3.41. The van der Waals surface area contributed by atoms with Crippen molar-refractivity contribution in [1.82, 2.24) is 39.3 Å². The quantitative estimate of drug-likeness (QED) is 0.267. The number of halogens is 5. The lowest BCUT2D eigenvalue weighted by atomic mass is 10.2. The molecule has 0 bridgehead atoms. The number of fused-ring (bicyclic) bond motifs is 2. The minimum Gasteiger partial charge on any atom is -0.480 e. The van der Waals surface area contributed by atoms with Crippen LogP contribution in [0.1, 0.15) is 0 Å². The van der Waals surface area contributed by atoms with E-state index in [0.717, 1.165) is 0 Å². The van der Waals surface area contributed by atoms with Gasteiger partial charge in [0, 0.05) is 36.0 Å². The molecule has 41 heavy (non-hydrogen) atoms. The van der Waals surface area contributed by atoms with Crippen molar-refractivity contribution in [3.8, 4) is 29.0 Å². The zero-order valence-electron chi connectivity index (χ0n) is 21.4. The van der Waals surface area contributed by atoms with E-state index in [-0.39, 0.29) is 35.6 Å². The van der Waals surface area contributed by atoms with Gasteiger partial charge in [-0.05, 0) is 0 Å². The third-order valence-corrected chi connectivity index (χ3v) is 6.40. The number of methoxy groups -OCH3 is 2. The molecule has 0 radical (unpaired) electrons. The van der Waals surface area contributed by atoms with Gasteiger partial charge in [0.05, 0.1) is 56.5 Å². The normalized spacial score (nSPS) is 17.0. The lowest BCUT2D eigenvalue weighted by Gasteiger charge is -2.19. The molecule has 17 heteroatoms. The van der Waals surface area contributed by atoms with Gasteiger partial charge in [-0.2, -0.15) is 32.9 Å². The van der Waals surface area contributed by atoms with Crippen molar-refractivity contribution in [3.05, 3.63) is 43.0 Å². The highest BCUT2D eigenvalue weighted by molar-refractivity contribution is 5.78. The molecule has 6 rings (SSSR count). The van der Waals surface area contributed by atoms with Crippen molar-refractivity contribution in [2.24, 2.45) is 0 Å². The molecule has 1 atom stereocenters. The van der Waals surface area contributed by atoms with E-state index >= 15 is 8.78 Å². The van der Waals surface area contributed by atoms with Gasteiger partial charge in [-0.15, -0.1) is 0 Å². The Kier molecular flexibility index (Phi) is 6.22. The second-order valence-corrected chi connectivity index (χ2v) is 9.13. The molecule has 1 aliphatic heterocycles. The van der Waals surface area contributed by atoms with Crippen molar-refractivity contribution in [2.45, 2.75) is 24.7 Å². The van der Waals surface area contributed by atoms with E-state index in [1.165, 1.54) is 54.5 Å². The average Bonchev–Trinajstić information content (AvgIpc) is 3.64. The van der Waals surface area contributed by atoms with Gasteiger partial charge in [0.25, 0.3) is 0 Å². The first kappa shape index (κ1) is 26.4. The van der Waals surface area contributed by atoms with Gasteiger partial charge in [0.1, 0.15) is 12.4 Å². The number of anilines is 1. The lowest BCUT2D eigenvalue weighted by molar-refractivity contribution is -0.141. The summed E-state index contributed by atoms with van der Waals surface area (Å²) in [6.07, 6.45) is -0.841. The molecule has 0 unspecified atom stereocenters. The molecule has 0 aromatic carbocycles. The molecule has 0 spiro atoms. The lowest BCUT2D eigenvalue weighted by Crippen LogP contribution is -2.36. The molecule has 5 aromatic heterocycles. The number of ether oxygens (including phenoxy) is 3. The van der Waals surface area contributed by atoms with Gasteiger partial charge in [-0.3, -0.25) is 4.68 Å². The van der Waals surface area contributed by atoms with E-state index in [9.17, 15) is 13.2 Å². The maximum Gasteiger partial charge on any atom is 0.408 e. The number of hydrogen-bond acceptors (Lipinski definition) is 10. The van der Waals surface area contributed by atoms with Crippen LogP contribution < -0.4 is 19.1 Å². The molecule has 1 fully saturated rings. The second kappa shape index (κ2) is 9.67. The molecule has 5 aromatic rings. The first-order valence-corrected chi connectivity index (χ1v) is 12.0. The highest BCUT2D eigenvalue weighted by Gasteiger charge is 2.51. The molecule has 0 aliphatic carbocycles. The molecule has 0 amide bonds. The molecular formula is C24H20F5N9O3. The van der Waals surface area contributed by atoms with Gasteiger partial charge >= 0.3 is 18.1 Å². The van der Waals surface area contributed by atoms with Crippen LogP contribution in [-0.2, 0) is 6.54 Å². The van der Waals surface area contributed by atoms with Gasteiger partial charge in [-0.25, -0.2) is 23.7 Å². The summed E-state index contributed by atoms with van der Waals surface area (Å²) in [7, 11) is 2.81. The highest BCUT2D eigenvalue weighted by Crippen LogP contribution is 2.37. The summed E-state index contributed by atoms with van der Waals surface area (Å²) >= 11 is 0. The third kappa shape index (κ3) is 4.98. The van der Waals surface area contributed by atoms with Crippen LogP contribution in [0.3, 0.4) is 0 Å². The average molecular weight is 577 g/mol. The Morgan fingerprint density at radius 3 is 2.61 bits per heavy atom. The first-order valence-electron chi connectivity index (χ1n) is 12.0. The van der Waals surface area contributed by atoms with Crippen LogP contribution >= 0.6 is 0 Å². The molecule has 1 saturated heterocycles. The topological polar surface area (TPSA) is 118 Å². The van der Waals surface area contributed by atoms with Crippen LogP contribution in [0.2, 0.25) is 0 Å². The van der Waals surface area contributed by atoms with Crippen LogP contribution in [0.5, 0.6) is 17.8 Å². The van der Waals surface area contributed by atoms with E-state index in [2.05, 4.69) is 30.1 Å². The maximum atomic E-state index is 15.3. The number of rotatable bonds is 7. The third-order valence-electron chi connectivity index (χ3n) is 6.40. The summed E-state index contributed by atoms with van der Waals surface area (Å²) in [6.45, 7) is -2.37. The molecule has 214 valence electrons.